The highest BCUT2D eigenvalue weighted by molar-refractivity contribution is 5.67. The Balaban J connectivity index is -0.000000124. The summed E-state index contributed by atoms with van der Waals surface area (Å²) in [6.45, 7) is 7.14. The molecule has 10 N–H and O–H groups in total. The molecule has 0 bridgehead atoms. The first-order chi connectivity index (χ1) is 24.7. The van der Waals surface area contributed by atoms with Crippen molar-refractivity contribution in [2.45, 2.75) is 194 Å². The van der Waals surface area contributed by atoms with Crippen molar-refractivity contribution in [2.24, 2.45) is 0 Å². The van der Waals surface area contributed by atoms with E-state index in [0.29, 0.717) is 25.7 Å². The van der Waals surface area contributed by atoms with E-state index >= 15 is 0 Å². The number of aliphatic hydroxyl groups is 6. The largest absolute Gasteiger partial charge is 0.481 e. The first-order valence-electron chi connectivity index (χ1n) is 19.4. The van der Waals surface area contributed by atoms with Crippen molar-refractivity contribution in [1.29, 1.82) is 0 Å². The summed E-state index contributed by atoms with van der Waals surface area (Å²) < 4.78 is 0. The lowest BCUT2D eigenvalue weighted by Gasteiger charge is -1.96. The van der Waals surface area contributed by atoms with E-state index in [4.69, 9.17) is 51.1 Å². The average Bonchev–Trinajstić information content (AvgIpc) is 3.11. The number of unbranched alkanes of at least 4 members (excludes halogenated alkanes) is 16. The number of hydrogen-bond donors (Lipinski definition) is 10. The van der Waals surface area contributed by atoms with Crippen LogP contribution in [0.1, 0.15) is 182 Å². The Hall–Kier alpha value is -2.36. The Morgan fingerprint density at radius 3 is 0.577 bits per heavy atom. The smallest absolute Gasteiger partial charge is 0.303 e. The summed E-state index contributed by atoms with van der Waals surface area (Å²) in [7, 11) is 0. The molecule has 0 aliphatic rings. The molecule has 0 unspecified atom stereocenters. The van der Waals surface area contributed by atoms with E-state index < -0.39 is 36.1 Å². The molecule has 0 aromatic carbocycles. The van der Waals surface area contributed by atoms with Gasteiger partial charge < -0.3 is 51.1 Å². The molecule has 0 aromatic rings. The van der Waals surface area contributed by atoms with Crippen molar-refractivity contribution in [3.8, 4) is 0 Å². The zero-order chi connectivity index (χ0) is 41.3. The molecule has 0 heterocycles. The Kier molecular flexibility index (Phi) is 68.7. The van der Waals surface area contributed by atoms with Crippen LogP contribution >= 0.6 is 0 Å². The lowest BCUT2D eigenvalue weighted by Crippen LogP contribution is -2.15. The van der Waals surface area contributed by atoms with Crippen molar-refractivity contribution in [2.75, 3.05) is 26.4 Å². The Morgan fingerprint density at radius 2 is 0.481 bits per heavy atom. The van der Waals surface area contributed by atoms with Gasteiger partial charge in [-0.1, -0.05) is 130 Å². The van der Waals surface area contributed by atoms with Gasteiger partial charge >= 0.3 is 23.9 Å². The van der Waals surface area contributed by atoms with Crippen molar-refractivity contribution < 1.29 is 70.2 Å². The number of aliphatic hydroxyl groups excluding tert-OH is 6. The SMILES string of the molecule is CCCCCCCC(=O)O.CCCCCCCC(=O)O.CCCCCCCC(=O)O.CCCCCCCC(=O)O.OCC(O)CO.OCC(O)CO. The highest BCUT2D eigenvalue weighted by Crippen LogP contribution is 2.06. The second-order valence-electron chi connectivity index (χ2n) is 12.3. The van der Waals surface area contributed by atoms with Crippen LogP contribution in [0.3, 0.4) is 0 Å². The summed E-state index contributed by atoms with van der Waals surface area (Å²) in [6, 6.07) is 0. The lowest BCUT2D eigenvalue weighted by atomic mass is 10.1. The first-order valence-corrected chi connectivity index (χ1v) is 19.4. The Labute approximate surface area is 314 Å². The molecule has 14 nitrogen and oxygen atoms in total. The maximum absolute atomic E-state index is 10.0. The van der Waals surface area contributed by atoms with E-state index in [2.05, 4.69) is 27.7 Å². The highest BCUT2D eigenvalue weighted by atomic mass is 16.4. The molecule has 0 amide bonds. The molecule has 0 rings (SSSR count). The average molecular weight is 761 g/mol. The fourth-order valence-electron chi connectivity index (χ4n) is 3.63. The predicted molar refractivity (Wildman–Crippen MR) is 204 cm³/mol. The molecule has 0 aliphatic carbocycles. The lowest BCUT2D eigenvalue weighted by molar-refractivity contribution is -0.138. The molecular formula is C38H80O14. The fourth-order valence-corrected chi connectivity index (χ4v) is 3.63. The van der Waals surface area contributed by atoms with Gasteiger partial charge in [-0.15, -0.1) is 0 Å². The van der Waals surface area contributed by atoms with Crippen LogP contribution in [0.15, 0.2) is 0 Å². The molecular weight excluding hydrogens is 680 g/mol. The third-order valence-corrected chi connectivity index (χ3v) is 6.82. The van der Waals surface area contributed by atoms with Gasteiger partial charge in [0.2, 0.25) is 0 Å². The van der Waals surface area contributed by atoms with Gasteiger partial charge in [-0.3, -0.25) is 19.2 Å². The van der Waals surface area contributed by atoms with E-state index in [1.165, 1.54) is 77.0 Å². The van der Waals surface area contributed by atoms with Crippen molar-refractivity contribution in [1.82, 2.24) is 0 Å². The number of hydrogen-bond acceptors (Lipinski definition) is 10. The minimum Gasteiger partial charge on any atom is -0.481 e. The summed E-state index contributed by atoms with van der Waals surface area (Å²) in [6.07, 6.45) is 21.6. The monoisotopic (exact) mass is 761 g/mol. The van der Waals surface area contributed by atoms with Crippen LogP contribution in [-0.2, 0) is 19.2 Å². The molecule has 14 heteroatoms. The molecule has 0 aliphatic heterocycles. The molecule has 0 radical (unpaired) electrons. The minimum absolute atomic E-state index is 0.337. The number of aliphatic carboxylic acids is 4. The van der Waals surface area contributed by atoms with Gasteiger partial charge in [-0.2, -0.15) is 0 Å². The number of carboxylic acid groups (broad SMARTS) is 4. The van der Waals surface area contributed by atoms with Crippen LogP contribution in [0.4, 0.5) is 0 Å². The third-order valence-electron chi connectivity index (χ3n) is 6.82. The second-order valence-corrected chi connectivity index (χ2v) is 12.3. The second kappa shape index (κ2) is 58.0. The molecule has 0 saturated carbocycles. The van der Waals surface area contributed by atoms with Crippen LogP contribution in [0.5, 0.6) is 0 Å². The van der Waals surface area contributed by atoms with Gasteiger partial charge in [0, 0.05) is 25.7 Å². The Bertz CT molecular complexity index is 593. The molecule has 0 atom stereocenters. The summed E-state index contributed by atoms with van der Waals surface area (Å²) in [4.78, 5) is 40.1. The maximum atomic E-state index is 10.0. The van der Waals surface area contributed by atoms with Gasteiger partial charge in [0.1, 0.15) is 12.2 Å². The molecule has 316 valence electrons. The molecule has 0 spiro atoms. The van der Waals surface area contributed by atoms with E-state index in [9.17, 15) is 19.2 Å². The number of rotatable bonds is 28. The van der Waals surface area contributed by atoms with Gasteiger partial charge in [-0.25, -0.2) is 0 Å². The standard InChI is InChI=1S/4C8H16O2.2C3H8O3/c4*1-2-3-4-5-6-7-8(9)10;2*4-1-3(6)2-5/h4*2-7H2,1H3,(H,9,10);2*3-6H,1-2H2. The van der Waals surface area contributed by atoms with Gasteiger partial charge in [0.05, 0.1) is 26.4 Å². The van der Waals surface area contributed by atoms with Crippen molar-refractivity contribution in [3.05, 3.63) is 0 Å². The quantitative estimate of drug-likeness (QED) is 0.0387. The number of carboxylic acids is 4. The zero-order valence-electron chi connectivity index (χ0n) is 33.1. The number of carbonyl (C=O) groups is 4. The molecule has 0 saturated heterocycles. The topological polar surface area (TPSA) is 271 Å². The Morgan fingerprint density at radius 1 is 0.327 bits per heavy atom. The van der Waals surface area contributed by atoms with Crippen LogP contribution in [-0.4, -0.2) is 114 Å². The molecule has 0 aromatic heterocycles. The molecule has 52 heavy (non-hydrogen) atoms. The van der Waals surface area contributed by atoms with Crippen LogP contribution in [0, 0.1) is 0 Å². The predicted octanol–water partition coefficient (Wildman–Crippen LogP) is 6.39. The van der Waals surface area contributed by atoms with Gasteiger partial charge in [-0.05, 0) is 25.7 Å². The normalized spacial score (nSPS) is 9.77. The third kappa shape index (κ3) is 91.6. The van der Waals surface area contributed by atoms with Crippen molar-refractivity contribution in [3.63, 3.8) is 0 Å². The van der Waals surface area contributed by atoms with E-state index in [0.717, 1.165) is 51.4 Å². The van der Waals surface area contributed by atoms with Crippen LogP contribution in [0.25, 0.3) is 0 Å². The zero-order valence-corrected chi connectivity index (χ0v) is 33.1. The van der Waals surface area contributed by atoms with E-state index in [1.54, 1.807) is 0 Å². The first kappa shape index (κ1) is 61.7. The minimum atomic E-state index is -0.954. The van der Waals surface area contributed by atoms with Crippen LogP contribution < -0.4 is 0 Å². The summed E-state index contributed by atoms with van der Waals surface area (Å²) in [5.41, 5.74) is 0. The van der Waals surface area contributed by atoms with Gasteiger partial charge in [0.25, 0.3) is 0 Å². The van der Waals surface area contributed by atoms with Crippen LogP contribution in [0.2, 0.25) is 0 Å². The summed E-state index contributed by atoms with van der Waals surface area (Å²) in [5.74, 6) is -2.68. The van der Waals surface area contributed by atoms with Crippen molar-refractivity contribution >= 4 is 23.9 Å². The summed E-state index contributed by atoms with van der Waals surface area (Å²) >= 11 is 0. The molecule has 0 fully saturated rings. The van der Waals surface area contributed by atoms with Gasteiger partial charge in [0.15, 0.2) is 0 Å². The maximum Gasteiger partial charge on any atom is 0.303 e. The summed E-state index contributed by atoms with van der Waals surface area (Å²) in [5, 5.41) is 81.1. The van der Waals surface area contributed by atoms with E-state index in [-0.39, 0.29) is 26.4 Å². The van der Waals surface area contributed by atoms with E-state index in [1.807, 2.05) is 0 Å². The fraction of sp³-hybridized carbons (Fsp3) is 0.895. The highest BCUT2D eigenvalue weighted by Gasteiger charge is 1.98.